The number of urea groups is 1. The Balaban J connectivity index is 1.85. The molecule has 1 saturated heterocycles. The fourth-order valence-corrected chi connectivity index (χ4v) is 2.03. The molecule has 5 nitrogen and oxygen atoms in total. The van der Waals surface area contributed by atoms with E-state index < -0.39 is 0 Å². The molecule has 18 heavy (non-hydrogen) atoms. The van der Waals surface area contributed by atoms with Gasteiger partial charge in [-0.3, -0.25) is 0 Å². The third-order valence-corrected chi connectivity index (χ3v) is 3.01. The highest BCUT2D eigenvalue weighted by Crippen LogP contribution is 2.15. The molecular weight excluding hydrogens is 228 g/mol. The van der Waals surface area contributed by atoms with Crippen LogP contribution >= 0.6 is 0 Å². The van der Waals surface area contributed by atoms with Crippen LogP contribution in [-0.2, 0) is 0 Å². The Morgan fingerprint density at radius 1 is 1.22 bits per heavy atom. The number of hydrogen-bond donors (Lipinski definition) is 1. The number of nitrogens with one attached hydrogen (secondary N) is 1. The SMILES string of the molecule is N#CCNC(=O)N1CCN(c2ccccc2)CC1. The van der Waals surface area contributed by atoms with E-state index in [2.05, 4.69) is 22.3 Å². The molecule has 0 atom stereocenters. The first kappa shape index (κ1) is 12.2. The highest BCUT2D eigenvalue weighted by Gasteiger charge is 2.20. The first-order valence-corrected chi connectivity index (χ1v) is 6.01. The van der Waals surface area contributed by atoms with Crippen molar-refractivity contribution in [1.82, 2.24) is 10.2 Å². The van der Waals surface area contributed by atoms with Gasteiger partial charge < -0.3 is 15.1 Å². The van der Waals surface area contributed by atoms with Gasteiger partial charge in [-0.1, -0.05) is 18.2 Å². The van der Waals surface area contributed by atoms with Gasteiger partial charge in [0.1, 0.15) is 6.54 Å². The second-order valence-electron chi connectivity index (χ2n) is 4.13. The molecule has 0 unspecified atom stereocenters. The average Bonchev–Trinajstić information content (AvgIpc) is 2.46. The van der Waals surface area contributed by atoms with Crippen LogP contribution in [0.3, 0.4) is 0 Å². The minimum absolute atomic E-state index is 0.0672. The molecule has 2 rings (SSSR count). The van der Waals surface area contributed by atoms with E-state index in [4.69, 9.17) is 5.26 Å². The van der Waals surface area contributed by atoms with Crippen LogP contribution in [-0.4, -0.2) is 43.7 Å². The molecule has 1 aromatic carbocycles. The van der Waals surface area contributed by atoms with Gasteiger partial charge in [0.25, 0.3) is 0 Å². The predicted molar refractivity (Wildman–Crippen MR) is 69.2 cm³/mol. The molecule has 1 aliphatic heterocycles. The summed E-state index contributed by atoms with van der Waals surface area (Å²) in [6.45, 7) is 3.09. The van der Waals surface area contributed by atoms with Crippen molar-refractivity contribution in [1.29, 1.82) is 5.26 Å². The van der Waals surface area contributed by atoms with Crippen LogP contribution in [0.4, 0.5) is 10.5 Å². The van der Waals surface area contributed by atoms with E-state index in [1.165, 1.54) is 5.69 Å². The maximum atomic E-state index is 11.6. The van der Waals surface area contributed by atoms with Gasteiger partial charge in [0, 0.05) is 31.9 Å². The molecule has 0 saturated carbocycles. The summed E-state index contributed by atoms with van der Waals surface area (Å²) in [5.41, 5.74) is 1.19. The summed E-state index contributed by atoms with van der Waals surface area (Å²) in [4.78, 5) is 15.7. The molecule has 1 N–H and O–H groups in total. The van der Waals surface area contributed by atoms with Crippen LogP contribution in [0.1, 0.15) is 0 Å². The minimum Gasteiger partial charge on any atom is -0.368 e. The second-order valence-corrected chi connectivity index (χ2v) is 4.13. The zero-order valence-corrected chi connectivity index (χ0v) is 10.2. The van der Waals surface area contributed by atoms with Crippen molar-refractivity contribution in [3.63, 3.8) is 0 Å². The highest BCUT2D eigenvalue weighted by molar-refractivity contribution is 5.74. The summed E-state index contributed by atoms with van der Waals surface area (Å²) in [6.07, 6.45) is 0. The molecule has 0 radical (unpaired) electrons. The van der Waals surface area contributed by atoms with E-state index >= 15 is 0 Å². The standard InChI is InChI=1S/C13H16N4O/c14-6-7-15-13(18)17-10-8-16(9-11-17)12-4-2-1-3-5-12/h1-5H,7-11H2,(H,15,18). The molecule has 5 heteroatoms. The van der Waals surface area contributed by atoms with Crippen molar-refractivity contribution in [2.45, 2.75) is 0 Å². The van der Waals surface area contributed by atoms with Gasteiger partial charge >= 0.3 is 6.03 Å². The second kappa shape index (κ2) is 5.92. The van der Waals surface area contributed by atoms with Crippen LogP contribution in [0.5, 0.6) is 0 Å². The number of para-hydroxylation sites is 1. The zero-order chi connectivity index (χ0) is 12.8. The van der Waals surface area contributed by atoms with E-state index in [0.29, 0.717) is 13.1 Å². The summed E-state index contributed by atoms with van der Waals surface area (Å²) < 4.78 is 0. The average molecular weight is 244 g/mol. The number of carbonyl (C=O) groups is 1. The number of benzene rings is 1. The number of piperazine rings is 1. The molecule has 0 aromatic heterocycles. The molecule has 0 bridgehead atoms. The Hall–Kier alpha value is -2.22. The van der Waals surface area contributed by atoms with Crippen LogP contribution in [0.15, 0.2) is 30.3 Å². The van der Waals surface area contributed by atoms with E-state index in [1.54, 1.807) is 4.90 Å². The maximum absolute atomic E-state index is 11.6. The lowest BCUT2D eigenvalue weighted by atomic mass is 10.2. The first-order valence-electron chi connectivity index (χ1n) is 6.01. The summed E-state index contributed by atoms with van der Waals surface area (Å²) in [6, 6.07) is 11.9. The third-order valence-electron chi connectivity index (χ3n) is 3.01. The Bertz CT molecular complexity index is 432. The fourth-order valence-electron chi connectivity index (χ4n) is 2.03. The normalized spacial score (nSPS) is 15.1. The van der Waals surface area contributed by atoms with Crippen LogP contribution < -0.4 is 10.2 Å². The van der Waals surface area contributed by atoms with Gasteiger partial charge in [-0.15, -0.1) is 0 Å². The third kappa shape index (κ3) is 2.92. The lowest BCUT2D eigenvalue weighted by molar-refractivity contribution is 0.195. The van der Waals surface area contributed by atoms with Gasteiger partial charge in [0.15, 0.2) is 0 Å². The number of rotatable bonds is 2. The molecule has 94 valence electrons. The van der Waals surface area contributed by atoms with Crippen molar-refractivity contribution in [3.05, 3.63) is 30.3 Å². The number of nitrogens with zero attached hydrogens (tertiary/aromatic N) is 3. The van der Waals surface area contributed by atoms with Crippen molar-refractivity contribution < 1.29 is 4.79 Å². The van der Waals surface area contributed by atoms with E-state index in [9.17, 15) is 4.79 Å². The van der Waals surface area contributed by atoms with Crippen molar-refractivity contribution in [2.75, 3.05) is 37.6 Å². The first-order chi connectivity index (χ1) is 8.81. The van der Waals surface area contributed by atoms with Gasteiger partial charge in [-0.05, 0) is 12.1 Å². The van der Waals surface area contributed by atoms with Gasteiger partial charge in [0.2, 0.25) is 0 Å². The van der Waals surface area contributed by atoms with E-state index in [0.717, 1.165) is 13.1 Å². The summed E-state index contributed by atoms with van der Waals surface area (Å²) in [5, 5.41) is 11.0. The van der Waals surface area contributed by atoms with Crippen LogP contribution in [0.2, 0.25) is 0 Å². The molecule has 0 spiro atoms. The maximum Gasteiger partial charge on any atom is 0.318 e. The number of anilines is 1. The van der Waals surface area contributed by atoms with Crippen molar-refractivity contribution in [2.24, 2.45) is 0 Å². The quantitative estimate of drug-likeness (QED) is 0.791. The van der Waals surface area contributed by atoms with Crippen molar-refractivity contribution in [3.8, 4) is 6.07 Å². The molecule has 1 aliphatic rings. The molecule has 0 aliphatic carbocycles. The molecule has 1 heterocycles. The highest BCUT2D eigenvalue weighted by atomic mass is 16.2. The number of hydrogen-bond acceptors (Lipinski definition) is 3. The molecule has 2 amide bonds. The summed E-state index contributed by atoms with van der Waals surface area (Å²) >= 11 is 0. The number of nitriles is 1. The Kier molecular flexibility index (Phi) is 4.02. The lowest BCUT2D eigenvalue weighted by Crippen LogP contribution is -2.51. The topological polar surface area (TPSA) is 59.4 Å². The Morgan fingerprint density at radius 3 is 2.50 bits per heavy atom. The Labute approximate surface area is 107 Å². The van der Waals surface area contributed by atoms with Gasteiger partial charge in [0.05, 0.1) is 6.07 Å². The van der Waals surface area contributed by atoms with E-state index in [1.807, 2.05) is 24.3 Å². The molecule has 1 aromatic rings. The van der Waals surface area contributed by atoms with Gasteiger partial charge in [-0.2, -0.15) is 5.26 Å². The zero-order valence-electron chi connectivity index (χ0n) is 10.2. The van der Waals surface area contributed by atoms with Gasteiger partial charge in [-0.25, -0.2) is 4.79 Å². The summed E-state index contributed by atoms with van der Waals surface area (Å²) in [7, 11) is 0. The predicted octanol–water partition coefficient (Wildman–Crippen LogP) is 1.04. The number of carbonyl (C=O) groups excluding carboxylic acids is 1. The lowest BCUT2D eigenvalue weighted by Gasteiger charge is -2.35. The molecular formula is C13H16N4O. The van der Waals surface area contributed by atoms with E-state index in [-0.39, 0.29) is 12.6 Å². The summed E-state index contributed by atoms with van der Waals surface area (Å²) in [5.74, 6) is 0. The minimum atomic E-state index is -0.149. The molecule has 1 fully saturated rings. The fraction of sp³-hybridized carbons (Fsp3) is 0.385. The van der Waals surface area contributed by atoms with Crippen LogP contribution in [0, 0.1) is 11.3 Å². The number of amides is 2. The van der Waals surface area contributed by atoms with Crippen molar-refractivity contribution >= 4 is 11.7 Å². The Morgan fingerprint density at radius 2 is 1.89 bits per heavy atom. The smallest absolute Gasteiger partial charge is 0.318 e. The largest absolute Gasteiger partial charge is 0.368 e. The van der Waals surface area contributed by atoms with Crippen LogP contribution in [0.25, 0.3) is 0 Å². The monoisotopic (exact) mass is 244 g/mol.